The quantitative estimate of drug-likeness (QED) is 0.707. The molecule has 13 heavy (non-hydrogen) atoms. The number of carbonyl (C=O) groups is 1. The van der Waals surface area contributed by atoms with E-state index in [1.807, 2.05) is 0 Å². The van der Waals surface area contributed by atoms with Crippen molar-refractivity contribution in [2.75, 3.05) is 0 Å². The summed E-state index contributed by atoms with van der Waals surface area (Å²) in [5, 5.41) is 12.4. The summed E-state index contributed by atoms with van der Waals surface area (Å²) >= 11 is 0. The van der Waals surface area contributed by atoms with Gasteiger partial charge in [-0.2, -0.15) is 5.10 Å². The molecule has 0 aromatic carbocycles. The zero-order chi connectivity index (χ0) is 9.84. The summed E-state index contributed by atoms with van der Waals surface area (Å²) in [5.41, 5.74) is 6.29. The number of carboxylic acids is 1. The zero-order valence-corrected chi connectivity index (χ0v) is 7.05. The van der Waals surface area contributed by atoms with Gasteiger partial charge in [0.15, 0.2) is 0 Å². The first kappa shape index (κ1) is 9.47. The van der Waals surface area contributed by atoms with Crippen LogP contribution in [-0.2, 0) is 4.79 Å². The van der Waals surface area contributed by atoms with Crippen molar-refractivity contribution in [3.05, 3.63) is 24.5 Å². The minimum Gasteiger partial charge on any atom is -0.481 e. The highest BCUT2D eigenvalue weighted by Gasteiger charge is 2.11. The number of nitrogens with two attached hydrogens (primary N) is 1. The van der Waals surface area contributed by atoms with Crippen molar-refractivity contribution in [1.82, 2.24) is 9.78 Å². The average Bonchev–Trinajstić information content (AvgIpc) is 2.50. The number of aliphatic carboxylic acids is 1. The largest absolute Gasteiger partial charge is 0.481 e. The third-order valence-corrected chi connectivity index (χ3v) is 1.63. The standard InChI is InChI=1S/C8H11N3O2/c1-2-11-5-6(4-10-11)7(9)3-8(12)13/h2,4-5,7H,1,3,9H2,(H,12,13). The Morgan fingerprint density at radius 3 is 3.08 bits per heavy atom. The molecular weight excluding hydrogens is 170 g/mol. The Bertz CT molecular complexity index is 319. The Kier molecular flexibility index (Phi) is 2.81. The molecule has 0 aliphatic rings. The van der Waals surface area contributed by atoms with Crippen molar-refractivity contribution in [3.8, 4) is 0 Å². The number of hydrogen-bond acceptors (Lipinski definition) is 3. The lowest BCUT2D eigenvalue weighted by atomic mass is 10.1. The second-order valence-corrected chi connectivity index (χ2v) is 2.64. The maximum absolute atomic E-state index is 10.3. The lowest BCUT2D eigenvalue weighted by molar-refractivity contribution is -0.137. The number of rotatable bonds is 4. The first-order chi connectivity index (χ1) is 6.13. The molecule has 1 rings (SSSR count). The Hall–Kier alpha value is -1.62. The molecule has 5 nitrogen and oxygen atoms in total. The second-order valence-electron chi connectivity index (χ2n) is 2.64. The zero-order valence-electron chi connectivity index (χ0n) is 7.05. The van der Waals surface area contributed by atoms with Crippen LogP contribution in [0.3, 0.4) is 0 Å². The molecule has 1 atom stereocenters. The van der Waals surface area contributed by atoms with E-state index >= 15 is 0 Å². The van der Waals surface area contributed by atoms with Gasteiger partial charge < -0.3 is 10.8 Å². The average molecular weight is 181 g/mol. The SMILES string of the molecule is C=Cn1cc(C(N)CC(=O)O)cn1. The van der Waals surface area contributed by atoms with Crippen LogP contribution >= 0.6 is 0 Å². The number of carboxylic acid groups (broad SMARTS) is 1. The lowest BCUT2D eigenvalue weighted by Gasteiger charge is -2.03. The fourth-order valence-electron chi connectivity index (χ4n) is 0.950. The van der Waals surface area contributed by atoms with Crippen LogP contribution in [-0.4, -0.2) is 20.9 Å². The summed E-state index contributed by atoms with van der Waals surface area (Å²) in [6.45, 7) is 3.51. The topological polar surface area (TPSA) is 81.1 Å². The van der Waals surface area contributed by atoms with Crippen LogP contribution in [0.15, 0.2) is 19.0 Å². The van der Waals surface area contributed by atoms with Gasteiger partial charge in [-0.15, -0.1) is 0 Å². The third kappa shape index (κ3) is 2.41. The molecule has 5 heteroatoms. The molecule has 70 valence electrons. The Morgan fingerprint density at radius 1 is 1.92 bits per heavy atom. The lowest BCUT2D eigenvalue weighted by Crippen LogP contribution is -2.14. The van der Waals surface area contributed by atoms with E-state index in [4.69, 9.17) is 10.8 Å². The van der Waals surface area contributed by atoms with Crippen molar-refractivity contribution < 1.29 is 9.90 Å². The van der Waals surface area contributed by atoms with E-state index in [0.717, 1.165) is 0 Å². The highest BCUT2D eigenvalue weighted by atomic mass is 16.4. The van der Waals surface area contributed by atoms with Crippen molar-refractivity contribution >= 4 is 12.2 Å². The molecule has 0 aliphatic carbocycles. The molecule has 0 bridgehead atoms. The van der Waals surface area contributed by atoms with Crippen LogP contribution in [0.5, 0.6) is 0 Å². The van der Waals surface area contributed by atoms with Gasteiger partial charge in [-0.05, 0) is 0 Å². The van der Waals surface area contributed by atoms with Gasteiger partial charge >= 0.3 is 5.97 Å². The summed E-state index contributed by atoms with van der Waals surface area (Å²) < 4.78 is 1.48. The van der Waals surface area contributed by atoms with Gasteiger partial charge in [-0.25, -0.2) is 4.68 Å². The predicted octanol–water partition coefficient (Wildman–Crippen LogP) is 0.458. The number of hydrogen-bond donors (Lipinski definition) is 2. The molecule has 1 aromatic heterocycles. The van der Waals surface area contributed by atoms with E-state index in [2.05, 4.69) is 11.7 Å². The van der Waals surface area contributed by atoms with Crippen molar-refractivity contribution in [2.45, 2.75) is 12.5 Å². The van der Waals surface area contributed by atoms with Crippen LogP contribution < -0.4 is 5.73 Å². The van der Waals surface area contributed by atoms with E-state index in [9.17, 15) is 4.79 Å². The van der Waals surface area contributed by atoms with Crippen molar-refractivity contribution in [3.63, 3.8) is 0 Å². The van der Waals surface area contributed by atoms with Crippen molar-refractivity contribution in [1.29, 1.82) is 0 Å². The normalized spacial score (nSPS) is 12.4. The second kappa shape index (κ2) is 3.86. The fourth-order valence-corrected chi connectivity index (χ4v) is 0.950. The number of aromatic nitrogens is 2. The molecule has 0 amide bonds. The first-order valence-corrected chi connectivity index (χ1v) is 3.77. The Labute approximate surface area is 75.5 Å². The van der Waals surface area contributed by atoms with Crippen LogP contribution in [0.4, 0.5) is 0 Å². The summed E-state index contributed by atoms with van der Waals surface area (Å²) in [6.07, 6.45) is 4.61. The van der Waals surface area contributed by atoms with Gasteiger partial charge in [-0.1, -0.05) is 6.58 Å². The molecule has 0 spiro atoms. The summed E-state index contributed by atoms with van der Waals surface area (Å²) in [6, 6.07) is -0.508. The van der Waals surface area contributed by atoms with Crippen LogP contribution in [0, 0.1) is 0 Å². The maximum atomic E-state index is 10.3. The van der Waals surface area contributed by atoms with E-state index in [0.29, 0.717) is 5.56 Å². The Balaban J connectivity index is 2.70. The van der Waals surface area contributed by atoms with Crippen LogP contribution in [0.1, 0.15) is 18.0 Å². The van der Waals surface area contributed by atoms with Gasteiger partial charge in [-0.3, -0.25) is 4.79 Å². The van der Waals surface area contributed by atoms with Gasteiger partial charge in [0.25, 0.3) is 0 Å². The molecule has 0 aliphatic heterocycles. The van der Waals surface area contributed by atoms with E-state index in [1.165, 1.54) is 17.1 Å². The van der Waals surface area contributed by atoms with Gasteiger partial charge in [0.1, 0.15) is 0 Å². The Morgan fingerprint density at radius 2 is 2.62 bits per heavy atom. The third-order valence-electron chi connectivity index (χ3n) is 1.63. The molecule has 0 saturated carbocycles. The highest BCUT2D eigenvalue weighted by molar-refractivity contribution is 5.67. The van der Waals surface area contributed by atoms with Crippen LogP contribution in [0.2, 0.25) is 0 Å². The summed E-state index contributed by atoms with van der Waals surface area (Å²) in [4.78, 5) is 10.3. The molecule has 0 radical (unpaired) electrons. The molecule has 0 fully saturated rings. The van der Waals surface area contributed by atoms with Crippen molar-refractivity contribution in [2.24, 2.45) is 5.73 Å². The maximum Gasteiger partial charge on any atom is 0.305 e. The smallest absolute Gasteiger partial charge is 0.305 e. The van der Waals surface area contributed by atoms with E-state index in [-0.39, 0.29) is 6.42 Å². The van der Waals surface area contributed by atoms with Gasteiger partial charge in [0, 0.05) is 24.0 Å². The molecule has 3 N–H and O–H groups in total. The van der Waals surface area contributed by atoms with Gasteiger partial charge in [0.05, 0.1) is 12.6 Å². The van der Waals surface area contributed by atoms with E-state index in [1.54, 1.807) is 6.20 Å². The summed E-state index contributed by atoms with van der Waals surface area (Å²) in [7, 11) is 0. The van der Waals surface area contributed by atoms with E-state index < -0.39 is 12.0 Å². The monoisotopic (exact) mass is 181 g/mol. The molecule has 1 unspecified atom stereocenters. The van der Waals surface area contributed by atoms with Gasteiger partial charge in [0.2, 0.25) is 0 Å². The minimum absolute atomic E-state index is 0.0944. The predicted molar refractivity (Wildman–Crippen MR) is 47.8 cm³/mol. The molecule has 0 saturated heterocycles. The molecular formula is C8H11N3O2. The fraction of sp³-hybridized carbons (Fsp3) is 0.250. The summed E-state index contributed by atoms with van der Waals surface area (Å²) in [5.74, 6) is -0.918. The molecule has 1 heterocycles. The highest BCUT2D eigenvalue weighted by Crippen LogP contribution is 2.12. The number of nitrogens with zero attached hydrogens (tertiary/aromatic N) is 2. The van der Waals surface area contributed by atoms with Crippen LogP contribution in [0.25, 0.3) is 6.20 Å². The molecule has 1 aromatic rings. The minimum atomic E-state index is -0.918. The first-order valence-electron chi connectivity index (χ1n) is 3.77.